The van der Waals surface area contributed by atoms with Gasteiger partial charge in [-0.05, 0) is 33.6 Å². The lowest BCUT2D eigenvalue weighted by Gasteiger charge is -2.29. The Morgan fingerprint density at radius 3 is 2.23 bits per heavy atom. The summed E-state index contributed by atoms with van der Waals surface area (Å²) in [6.07, 6.45) is 4.85. The number of hydrogen-bond donors (Lipinski definition) is 2. The zero-order valence-electron chi connectivity index (χ0n) is 14.6. The monoisotopic (exact) mass is 316 g/mol. The van der Waals surface area contributed by atoms with E-state index in [0.717, 1.165) is 25.7 Å². The first kappa shape index (κ1) is 19.2. The summed E-state index contributed by atoms with van der Waals surface area (Å²) in [6, 6.07) is 0.287. The minimum Gasteiger partial charge on any atom is -0.444 e. The third kappa shape index (κ3) is 7.42. The van der Waals surface area contributed by atoms with Crippen LogP contribution in [0.15, 0.2) is 0 Å². The van der Waals surface area contributed by atoms with Crippen LogP contribution in [0.5, 0.6) is 0 Å². The summed E-state index contributed by atoms with van der Waals surface area (Å²) >= 11 is 0. The Morgan fingerprint density at radius 2 is 1.68 bits per heavy atom. The van der Waals surface area contributed by atoms with Crippen molar-refractivity contribution < 1.29 is 19.0 Å². The van der Waals surface area contributed by atoms with Gasteiger partial charge in [-0.25, -0.2) is 4.79 Å². The minimum atomic E-state index is -0.477. The fourth-order valence-corrected chi connectivity index (χ4v) is 2.69. The van der Waals surface area contributed by atoms with E-state index >= 15 is 0 Å². The maximum absolute atomic E-state index is 12.0. The molecule has 2 N–H and O–H groups in total. The van der Waals surface area contributed by atoms with E-state index in [1.807, 2.05) is 20.8 Å². The van der Waals surface area contributed by atoms with Gasteiger partial charge in [-0.15, -0.1) is 0 Å². The molecule has 0 aromatic carbocycles. The standard InChI is InChI=1S/C16H32N2O4/c1-16(2,3)22-15(19)18-13-10-8-6-7-9-12(13)17-11-14(20-4)21-5/h12-14,17H,6-11H2,1-5H3,(H,18,19). The molecule has 1 aliphatic rings. The van der Waals surface area contributed by atoms with Crippen molar-refractivity contribution in [1.82, 2.24) is 10.6 Å². The van der Waals surface area contributed by atoms with Crippen LogP contribution in [0.3, 0.4) is 0 Å². The van der Waals surface area contributed by atoms with E-state index in [2.05, 4.69) is 10.6 Å². The molecule has 22 heavy (non-hydrogen) atoms. The molecule has 6 heteroatoms. The van der Waals surface area contributed by atoms with E-state index < -0.39 is 5.60 Å². The van der Waals surface area contributed by atoms with Crippen LogP contribution in [0.1, 0.15) is 52.9 Å². The number of rotatable bonds is 6. The molecule has 0 spiro atoms. The SMILES string of the molecule is COC(CNC1CCCCCC1NC(=O)OC(C)(C)C)OC. The largest absolute Gasteiger partial charge is 0.444 e. The molecule has 6 nitrogen and oxygen atoms in total. The highest BCUT2D eigenvalue weighted by molar-refractivity contribution is 5.68. The zero-order chi connectivity index (χ0) is 16.6. The normalized spacial score (nSPS) is 23.2. The number of alkyl carbamates (subject to hydrolysis) is 1. The Balaban J connectivity index is 2.56. The van der Waals surface area contributed by atoms with Crippen molar-refractivity contribution in [3.05, 3.63) is 0 Å². The van der Waals surface area contributed by atoms with Crippen molar-refractivity contribution in [2.75, 3.05) is 20.8 Å². The van der Waals surface area contributed by atoms with E-state index in [-0.39, 0.29) is 24.5 Å². The molecule has 0 heterocycles. The first-order chi connectivity index (χ1) is 10.4. The highest BCUT2D eigenvalue weighted by Gasteiger charge is 2.27. The van der Waals surface area contributed by atoms with Gasteiger partial charge in [0.1, 0.15) is 5.60 Å². The zero-order valence-corrected chi connectivity index (χ0v) is 14.6. The van der Waals surface area contributed by atoms with Crippen LogP contribution in [0.4, 0.5) is 4.79 Å². The van der Waals surface area contributed by atoms with Crippen molar-refractivity contribution in [3.8, 4) is 0 Å². The lowest BCUT2D eigenvalue weighted by Crippen LogP contribution is -2.52. The van der Waals surface area contributed by atoms with Crippen LogP contribution < -0.4 is 10.6 Å². The van der Waals surface area contributed by atoms with Crippen LogP contribution in [0.25, 0.3) is 0 Å². The second-order valence-corrected chi connectivity index (χ2v) is 6.81. The van der Waals surface area contributed by atoms with E-state index in [4.69, 9.17) is 14.2 Å². The number of carbonyl (C=O) groups excluding carboxylic acids is 1. The fraction of sp³-hybridized carbons (Fsp3) is 0.938. The second kappa shape index (κ2) is 9.33. The number of hydrogen-bond acceptors (Lipinski definition) is 5. The number of carbonyl (C=O) groups is 1. The number of nitrogens with one attached hydrogen (secondary N) is 2. The van der Waals surface area contributed by atoms with Gasteiger partial charge in [-0.3, -0.25) is 0 Å². The van der Waals surface area contributed by atoms with Gasteiger partial charge < -0.3 is 24.8 Å². The van der Waals surface area contributed by atoms with Gasteiger partial charge in [0.15, 0.2) is 6.29 Å². The third-order valence-corrected chi connectivity index (χ3v) is 3.79. The Morgan fingerprint density at radius 1 is 1.09 bits per heavy atom. The second-order valence-electron chi connectivity index (χ2n) is 6.81. The number of amides is 1. The molecule has 0 saturated heterocycles. The topological polar surface area (TPSA) is 68.8 Å². The Kier molecular flexibility index (Phi) is 8.14. The van der Waals surface area contributed by atoms with Crippen LogP contribution in [-0.2, 0) is 14.2 Å². The van der Waals surface area contributed by atoms with Gasteiger partial charge in [0.2, 0.25) is 0 Å². The van der Waals surface area contributed by atoms with E-state index in [1.165, 1.54) is 6.42 Å². The predicted octanol–water partition coefficient (Wildman–Crippen LogP) is 2.42. The Labute approximate surface area is 134 Å². The van der Waals surface area contributed by atoms with Gasteiger partial charge >= 0.3 is 6.09 Å². The molecule has 0 bridgehead atoms. The minimum absolute atomic E-state index is 0.0757. The maximum atomic E-state index is 12.0. The molecule has 2 unspecified atom stereocenters. The summed E-state index contributed by atoms with van der Waals surface area (Å²) in [5.41, 5.74) is -0.477. The molecule has 0 aromatic heterocycles. The summed E-state index contributed by atoms with van der Waals surface area (Å²) in [6.45, 7) is 6.22. The van der Waals surface area contributed by atoms with Crippen molar-refractivity contribution in [2.45, 2.75) is 76.9 Å². The van der Waals surface area contributed by atoms with Crippen LogP contribution >= 0.6 is 0 Å². The van der Waals surface area contributed by atoms with Crippen LogP contribution in [0.2, 0.25) is 0 Å². The molecule has 130 valence electrons. The summed E-state index contributed by atoms with van der Waals surface area (Å²) in [4.78, 5) is 12.0. The third-order valence-electron chi connectivity index (χ3n) is 3.79. The molecular weight excluding hydrogens is 284 g/mol. The lowest BCUT2D eigenvalue weighted by molar-refractivity contribution is -0.100. The molecule has 1 aliphatic carbocycles. The molecule has 1 fully saturated rings. The molecule has 1 amide bonds. The van der Waals surface area contributed by atoms with Crippen LogP contribution in [-0.4, -0.2) is 50.8 Å². The van der Waals surface area contributed by atoms with E-state index in [9.17, 15) is 4.79 Å². The van der Waals surface area contributed by atoms with Gasteiger partial charge in [0, 0.05) is 32.8 Å². The molecule has 2 atom stereocenters. The molecular formula is C16H32N2O4. The Hall–Kier alpha value is -0.850. The van der Waals surface area contributed by atoms with Crippen molar-refractivity contribution in [3.63, 3.8) is 0 Å². The van der Waals surface area contributed by atoms with Gasteiger partial charge in [0.25, 0.3) is 0 Å². The lowest BCUT2D eigenvalue weighted by atomic mass is 10.0. The average Bonchev–Trinajstić information content (AvgIpc) is 2.63. The Bertz CT molecular complexity index is 327. The quantitative estimate of drug-likeness (QED) is 0.582. The summed E-state index contributed by atoms with van der Waals surface area (Å²) in [5.74, 6) is 0. The molecule has 0 radical (unpaired) electrons. The highest BCUT2D eigenvalue weighted by atomic mass is 16.7. The average molecular weight is 316 g/mol. The molecule has 0 aromatic rings. The summed E-state index contributed by atoms with van der Waals surface area (Å²) < 4.78 is 15.8. The highest BCUT2D eigenvalue weighted by Crippen LogP contribution is 2.19. The van der Waals surface area contributed by atoms with Crippen molar-refractivity contribution >= 4 is 6.09 Å². The molecule has 0 aliphatic heterocycles. The van der Waals surface area contributed by atoms with Gasteiger partial charge in [-0.1, -0.05) is 19.3 Å². The van der Waals surface area contributed by atoms with Crippen LogP contribution in [0, 0.1) is 0 Å². The molecule has 1 rings (SSSR count). The van der Waals surface area contributed by atoms with Crippen molar-refractivity contribution in [2.24, 2.45) is 0 Å². The smallest absolute Gasteiger partial charge is 0.407 e. The molecule has 1 saturated carbocycles. The van der Waals surface area contributed by atoms with E-state index in [1.54, 1.807) is 14.2 Å². The maximum Gasteiger partial charge on any atom is 0.407 e. The predicted molar refractivity (Wildman–Crippen MR) is 85.8 cm³/mol. The first-order valence-corrected chi connectivity index (χ1v) is 8.14. The first-order valence-electron chi connectivity index (χ1n) is 8.14. The van der Waals surface area contributed by atoms with Gasteiger partial charge in [-0.2, -0.15) is 0 Å². The number of ether oxygens (including phenoxy) is 3. The van der Waals surface area contributed by atoms with E-state index in [0.29, 0.717) is 6.54 Å². The number of methoxy groups -OCH3 is 2. The summed E-state index contributed by atoms with van der Waals surface area (Å²) in [7, 11) is 3.25. The van der Waals surface area contributed by atoms with Crippen molar-refractivity contribution in [1.29, 1.82) is 0 Å². The fourth-order valence-electron chi connectivity index (χ4n) is 2.69. The van der Waals surface area contributed by atoms with Gasteiger partial charge in [0.05, 0.1) is 0 Å². The summed E-state index contributed by atoms with van der Waals surface area (Å²) in [5, 5.41) is 6.48.